The second kappa shape index (κ2) is 5.23. The Morgan fingerprint density at radius 3 is 2.50 bits per heavy atom. The smallest absolute Gasteiger partial charge is 0.386 e. The minimum Gasteiger partial charge on any atom is -0.386 e. The van der Waals surface area contributed by atoms with Gasteiger partial charge in [0.05, 0.1) is 17.1 Å². The zero-order valence-corrected chi connectivity index (χ0v) is 9.48. The van der Waals surface area contributed by atoms with Gasteiger partial charge in [-0.15, -0.1) is 11.6 Å². The maximum atomic E-state index is 13.2. The number of aliphatic imine (C=N–C) groups is 1. The van der Waals surface area contributed by atoms with Gasteiger partial charge in [-0.2, -0.15) is 18.4 Å². The molecule has 0 heterocycles. The summed E-state index contributed by atoms with van der Waals surface area (Å²) in [6.07, 6.45) is -4.77. The van der Waals surface area contributed by atoms with Crippen molar-refractivity contribution in [3.63, 3.8) is 0 Å². The van der Waals surface area contributed by atoms with Gasteiger partial charge in [-0.05, 0) is 12.1 Å². The van der Waals surface area contributed by atoms with E-state index in [-0.39, 0.29) is 11.7 Å². The molecule has 96 valence electrons. The van der Waals surface area contributed by atoms with Crippen LogP contribution in [-0.2, 0) is 6.18 Å². The van der Waals surface area contributed by atoms with Crippen molar-refractivity contribution < 1.29 is 17.6 Å². The van der Waals surface area contributed by atoms with Crippen LogP contribution < -0.4 is 5.73 Å². The first kappa shape index (κ1) is 14.3. The zero-order valence-electron chi connectivity index (χ0n) is 8.72. The number of halogens is 5. The van der Waals surface area contributed by atoms with Crippen molar-refractivity contribution in [2.45, 2.75) is 6.18 Å². The molecule has 2 N–H and O–H groups in total. The Balaban J connectivity index is 3.61. The summed E-state index contributed by atoms with van der Waals surface area (Å²) in [6, 6.07) is 2.37. The van der Waals surface area contributed by atoms with Gasteiger partial charge in [0.1, 0.15) is 23.3 Å². The minimum absolute atomic E-state index is 0.335. The lowest BCUT2D eigenvalue weighted by Gasteiger charge is -2.11. The normalized spacial score (nSPS) is 12.3. The van der Waals surface area contributed by atoms with Crippen LogP contribution in [0, 0.1) is 17.1 Å². The van der Waals surface area contributed by atoms with Crippen LogP contribution in [0.15, 0.2) is 17.1 Å². The van der Waals surface area contributed by atoms with Crippen LogP contribution in [0.5, 0.6) is 0 Å². The maximum absolute atomic E-state index is 13.2. The zero-order chi connectivity index (χ0) is 13.9. The van der Waals surface area contributed by atoms with Crippen LogP contribution in [0.1, 0.15) is 11.1 Å². The summed E-state index contributed by atoms with van der Waals surface area (Å²) in [4.78, 5) is 3.36. The third kappa shape index (κ3) is 2.90. The first-order valence-electron chi connectivity index (χ1n) is 4.50. The maximum Gasteiger partial charge on any atom is 0.418 e. The molecule has 0 radical (unpaired) electrons. The van der Waals surface area contributed by atoms with Gasteiger partial charge in [-0.3, -0.25) is 0 Å². The third-order valence-electron chi connectivity index (χ3n) is 1.94. The molecule has 1 aromatic rings. The molecule has 0 spiro atoms. The first-order chi connectivity index (χ1) is 8.31. The van der Waals surface area contributed by atoms with Gasteiger partial charge in [0, 0.05) is 0 Å². The molecule has 0 aliphatic carbocycles. The highest BCUT2D eigenvalue weighted by atomic mass is 35.5. The highest BCUT2D eigenvalue weighted by molar-refractivity contribution is 6.28. The molecule has 18 heavy (non-hydrogen) atoms. The van der Waals surface area contributed by atoms with Crippen molar-refractivity contribution in [3.05, 3.63) is 29.1 Å². The van der Waals surface area contributed by atoms with Crippen LogP contribution in [0.4, 0.5) is 23.2 Å². The quantitative estimate of drug-likeness (QED) is 0.391. The lowest BCUT2D eigenvalue weighted by atomic mass is 10.1. The fourth-order valence-corrected chi connectivity index (χ4v) is 1.25. The van der Waals surface area contributed by atoms with E-state index in [2.05, 4.69) is 4.99 Å². The highest BCUT2D eigenvalue weighted by Gasteiger charge is 2.35. The standard InChI is InChI=1S/C10H6ClF4N3/c11-3-8(17)18-9-5(4-16)7(12)2-1-6(9)10(13,14)15/h1-2H,3H2,(H2,17,18). The molecule has 0 saturated carbocycles. The fraction of sp³-hybridized carbons (Fsp3) is 0.200. The molecule has 0 atom stereocenters. The minimum atomic E-state index is -4.77. The Bertz CT molecular complexity index is 531. The van der Waals surface area contributed by atoms with Crippen molar-refractivity contribution >= 4 is 23.1 Å². The Hall–Kier alpha value is -1.81. The molecule has 0 fully saturated rings. The predicted octanol–water partition coefficient (Wildman–Crippen LogP) is 2.94. The lowest BCUT2D eigenvalue weighted by Crippen LogP contribution is -2.14. The summed E-state index contributed by atoms with van der Waals surface area (Å²) in [5.74, 6) is -1.78. The van der Waals surface area contributed by atoms with Crippen LogP contribution >= 0.6 is 11.6 Å². The van der Waals surface area contributed by atoms with E-state index in [1.165, 1.54) is 6.07 Å². The number of nitrogens with two attached hydrogens (primary N) is 1. The van der Waals surface area contributed by atoms with Crippen molar-refractivity contribution in [1.29, 1.82) is 5.26 Å². The van der Waals surface area contributed by atoms with E-state index in [4.69, 9.17) is 22.6 Å². The first-order valence-corrected chi connectivity index (χ1v) is 5.03. The number of hydrogen-bond acceptors (Lipinski definition) is 2. The molecular formula is C10H6ClF4N3. The molecule has 0 bridgehead atoms. The second-order valence-electron chi connectivity index (χ2n) is 3.16. The molecular weight excluding hydrogens is 274 g/mol. The van der Waals surface area contributed by atoms with E-state index < -0.39 is 28.8 Å². The molecule has 0 aliphatic heterocycles. The third-order valence-corrected chi connectivity index (χ3v) is 2.21. The average Bonchev–Trinajstić information content (AvgIpc) is 2.27. The summed E-state index contributed by atoms with van der Waals surface area (Å²) in [7, 11) is 0. The number of rotatable bonds is 2. The van der Waals surface area contributed by atoms with Crippen molar-refractivity contribution in [3.8, 4) is 6.07 Å². The van der Waals surface area contributed by atoms with Gasteiger partial charge in [0.15, 0.2) is 0 Å². The number of nitrogens with zero attached hydrogens (tertiary/aromatic N) is 2. The Labute approximate surface area is 104 Å². The summed E-state index contributed by atoms with van der Waals surface area (Å²) in [5.41, 5.74) is 2.29. The average molecular weight is 280 g/mol. The molecule has 0 aromatic heterocycles. The van der Waals surface area contributed by atoms with E-state index in [0.29, 0.717) is 12.1 Å². The molecule has 8 heteroatoms. The SMILES string of the molecule is N#Cc1c(F)ccc(C(F)(F)F)c1N=C(N)CCl. The Morgan fingerprint density at radius 1 is 1.44 bits per heavy atom. The molecule has 3 nitrogen and oxygen atoms in total. The van der Waals surface area contributed by atoms with E-state index in [1.54, 1.807) is 0 Å². The van der Waals surface area contributed by atoms with Crippen molar-refractivity contribution in [1.82, 2.24) is 0 Å². The number of nitriles is 1. The molecule has 1 rings (SSSR count). The summed E-state index contributed by atoms with van der Waals surface area (Å²) in [6.45, 7) is 0. The summed E-state index contributed by atoms with van der Waals surface area (Å²) in [5, 5.41) is 8.67. The Kier molecular flexibility index (Phi) is 4.14. The molecule has 0 aliphatic rings. The molecule has 0 unspecified atom stereocenters. The predicted molar refractivity (Wildman–Crippen MR) is 58.1 cm³/mol. The van der Waals surface area contributed by atoms with Crippen molar-refractivity contribution in [2.75, 3.05) is 5.88 Å². The van der Waals surface area contributed by atoms with Gasteiger partial charge in [-0.25, -0.2) is 9.38 Å². The topological polar surface area (TPSA) is 62.2 Å². The fourth-order valence-electron chi connectivity index (χ4n) is 1.19. The molecule has 0 saturated heterocycles. The Morgan fingerprint density at radius 2 is 2.06 bits per heavy atom. The van der Waals surface area contributed by atoms with Crippen LogP contribution in [-0.4, -0.2) is 11.7 Å². The van der Waals surface area contributed by atoms with Crippen LogP contribution in [0.2, 0.25) is 0 Å². The largest absolute Gasteiger partial charge is 0.418 e. The van der Waals surface area contributed by atoms with Crippen LogP contribution in [0.3, 0.4) is 0 Å². The highest BCUT2D eigenvalue weighted by Crippen LogP contribution is 2.39. The molecule has 1 aromatic carbocycles. The van der Waals surface area contributed by atoms with Gasteiger partial charge in [0.25, 0.3) is 0 Å². The van der Waals surface area contributed by atoms with E-state index in [9.17, 15) is 17.6 Å². The van der Waals surface area contributed by atoms with E-state index >= 15 is 0 Å². The van der Waals surface area contributed by atoms with Gasteiger partial charge in [0.2, 0.25) is 0 Å². The van der Waals surface area contributed by atoms with Crippen LogP contribution in [0.25, 0.3) is 0 Å². The van der Waals surface area contributed by atoms with Gasteiger partial charge >= 0.3 is 6.18 Å². The summed E-state index contributed by atoms with van der Waals surface area (Å²) >= 11 is 5.29. The lowest BCUT2D eigenvalue weighted by molar-refractivity contribution is -0.137. The van der Waals surface area contributed by atoms with E-state index in [1.807, 2.05) is 0 Å². The van der Waals surface area contributed by atoms with Crippen molar-refractivity contribution in [2.24, 2.45) is 10.7 Å². The van der Waals surface area contributed by atoms with E-state index in [0.717, 1.165) is 0 Å². The number of benzene rings is 1. The number of alkyl halides is 4. The molecule has 0 amide bonds. The van der Waals surface area contributed by atoms with Gasteiger partial charge in [-0.1, -0.05) is 0 Å². The van der Waals surface area contributed by atoms with Gasteiger partial charge < -0.3 is 5.73 Å². The number of hydrogen-bond donors (Lipinski definition) is 1. The summed E-state index contributed by atoms with van der Waals surface area (Å²) < 4.78 is 51.3. The monoisotopic (exact) mass is 279 g/mol. The second-order valence-corrected chi connectivity index (χ2v) is 3.43. The number of amidine groups is 1.